The summed E-state index contributed by atoms with van der Waals surface area (Å²) in [4.78, 5) is 22.3. The summed E-state index contributed by atoms with van der Waals surface area (Å²) in [5.74, 6) is -0.119. The van der Waals surface area contributed by atoms with E-state index in [1.165, 1.54) is 12.1 Å². The number of rotatable bonds is 7. The lowest BCUT2D eigenvalue weighted by Crippen LogP contribution is -3.00. The van der Waals surface area contributed by atoms with Gasteiger partial charge in [-0.3, -0.25) is 14.9 Å². The van der Waals surface area contributed by atoms with E-state index >= 15 is 0 Å². The van der Waals surface area contributed by atoms with Crippen LogP contribution in [0.25, 0.3) is 0 Å². The highest BCUT2D eigenvalue weighted by atomic mass is 79.9. The van der Waals surface area contributed by atoms with Gasteiger partial charge < -0.3 is 22.3 Å². The molecule has 0 spiro atoms. The molecule has 2 aromatic rings. The third-order valence-corrected chi connectivity index (χ3v) is 3.55. The molecule has 0 fully saturated rings. The SMILES string of the molecule is Cc1ccc([N+](=O)[O-])cc1NC(=O)CCCC[n+]1ccccc1.[Br-]. The first kappa shape index (κ1) is 19.8. The van der Waals surface area contributed by atoms with Gasteiger partial charge in [0.15, 0.2) is 12.4 Å². The predicted octanol–water partition coefficient (Wildman–Crippen LogP) is 0.00372. The van der Waals surface area contributed by atoms with Crippen LogP contribution < -0.4 is 26.9 Å². The van der Waals surface area contributed by atoms with Crippen molar-refractivity contribution in [3.8, 4) is 0 Å². The van der Waals surface area contributed by atoms with Crippen LogP contribution in [0.2, 0.25) is 0 Å². The fourth-order valence-corrected chi connectivity index (χ4v) is 2.23. The van der Waals surface area contributed by atoms with Crippen LogP contribution in [0.15, 0.2) is 48.8 Å². The second kappa shape index (κ2) is 9.77. The van der Waals surface area contributed by atoms with E-state index in [1.807, 2.05) is 37.5 Å². The standard InChI is InChI=1S/C17H19N3O3.BrH/c1-14-8-9-15(20(22)23)13-16(14)18-17(21)7-3-6-12-19-10-4-2-5-11-19;/h2,4-5,8-11,13H,3,6-7,12H2,1H3;1H. The molecule has 0 radical (unpaired) electrons. The number of unbranched alkanes of at least 4 members (excludes halogenated alkanes) is 1. The van der Waals surface area contributed by atoms with Crippen molar-refractivity contribution in [2.45, 2.75) is 32.7 Å². The number of hydrogen-bond acceptors (Lipinski definition) is 3. The Morgan fingerprint density at radius 1 is 1.21 bits per heavy atom. The van der Waals surface area contributed by atoms with Gasteiger partial charge in [-0.2, -0.15) is 0 Å². The van der Waals surface area contributed by atoms with Gasteiger partial charge >= 0.3 is 0 Å². The van der Waals surface area contributed by atoms with Gasteiger partial charge in [0.05, 0.1) is 10.6 Å². The number of anilines is 1. The van der Waals surface area contributed by atoms with Gasteiger partial charge in [-0.05, 0) is 18.9 Å². The number of halogens is 1. The highest BCUT2D eigenvalue weighted by molar-refractivity contribution is 5.91. The van der Waals surface area contributed by atoms with E-state index < -0.39 is 4.92 Å². The molecule has 0 unspecified atom stereocenters. The number of nitro groups is 1. The smallest absolute Gasteiger partial charge is 0.271 e. The van der Waals surface area contributed by atoms with Crippen molar-refractivity contribution in [1.29, 1.82) is 0 Å². The van der Waals surface area contributed by atoms with Gasteiger partial charge in [-0.15, -0.1) is 0 Å². The first-order chi connectivity index (χ1) is 11.1. The average molecular weight is 394 g/mol. The number of aryl methyl sites for hydroxylation is 2. The minimum Gasteiger partial charge on any atom is -1.00 e. The number of non-ortho nitro benzene ring substituents is 1. The van der Waals surface area contributed by atoms with Crippen LogP contribution in [0.5, 0.6) is 0 Å². The Bertz CT molecular complexity index is 693. The van der Waals surface area contributed by atoms with Gasteiger partial charge in [0, 0.05) is 37.1 Å². The molecule has 7 heteroatoms. The number of benzene rings is 1. The number of amides is 1. The Kier molecular flexibility index (Phi) is 8.05. The molecule has 1 aromatic heterocycles. The number of nitrogens with zero attached hydrogens (tertiary/aromatic N) is 2. The molecule has 0 aliphatic heterocycles. The number of hydrogen-bond donors (Lipinski definition) is 1. The van der Waals surface area contributed by atoms with Crippen LogP contribution in [0, 0.1) is 17.0 Å². The first-order valence-electron chi connectivity index (χ1n) is 7.55. The van der Waals surface area contributed by atoms with Crippen LogP contribution in [-0.2, 0) is 11.3 Å². The summed E-state index contributed by atoms with van der Waals surface area (Å²) in [5.41, 5.74) is 1.29. The number of nitrogens with one attached hydrogen (secondary N) is 1. The second-order valence-electron chi connectivity index (χ2n) is 5.37. The van der Waals surface area contributed by atoms with Gasteiger partial charge in [0.25, 0.3) is 5.69 Å². The van der Waals surface area contributed by atoms with Gasteiger partial charge in [-0.25, -0.2) is 4.57 Å². The van der Waals surface area contributed by atoms with Crippen molar-refractivity contribution in [2.24, 2.45) is 0 Å². The zero-order valence-corrected chi connectivity index (χ0v) is 15.0. The molecular weight excluding hydrogens is 374 g/mol. The highest BCUT2D eigenvalue weighted by Crippen LogP contribution is 2.22. The fourth-order valence-electron chi connectivity index (χ4n) is 2.23. The summed E-state index contributed by atoms with van der Waals surface area (Å²) in [5, 5.41) is 13.5. The van der Waals surface area contributed by atoms with E-state index in [4.69, 9.17) is 0 Å². The molecule has 1 amide bonds. The first-order valence-corrected chi connectivity index (χ1v) is 7.55. The molecule has 0 bridgehead atoms. The van der Waals surface area contributed by atoms with Crippen LogP contribution in [-0.4, -0.2) is 10.8 Å². The summed E-state index contributed by atoms with van der Waals surface area (Å²) in [6.07, 6.45) is 6.05. The third-order valence-electron chi connectivity index (χ3n) is 3.55. The lowest BCUT2D eigenvalue weighted by molar-refractivity contribution is -0.697. The van der Waals surface area contributed by atoms with Gasteiger partial charge in [0.2, 0.25) is 5.91 Å². The molecule has 0 saturated heterocycles. The van der Waals surface area contributed by atoms with Crippen molar-refractivity contribution < 1.29 is 31.3 Å². The number of carbonyl (C=O) groups is 1. The van der Waals surface area contributed by atoms with Crippen LogP contribution in [0.3, 0.4) is 0 Å². The summed E-state index contributed by atoms with van der Waals surface area (Å²) >= 11 is 0. The van der Waals surface area contributed by atoms with E-state index in [-0.39, 0.29) is 28.6 Å². The molecule has 2 rings (SSSR count). The Morgan fingerprint density at radius 3 is 2.58 bits per heavy atom. The number of aromatic nitrogens is 1. The molecule has 1 aromatic carbocycles. The summed E-state index contributed by atoms with van der Waals surface area (Å²) in [6.45, 7) is 2.68. The Labute approximate surface area is 151 Å². The number of carbonyl (C=O) groups excluding carboxylic acids is 1. The van der Waals surface area contributed by atoms with E-state index in [9.17, 15) is 14.9 Å². The third kappa shape index (κ3) is 6.08. The molecular formula is C17H20BrN3O3. The summed E-state index contributed by atoms with van der Waals surface area (Å²) < 4.78 is 2.07. The lowest BCUT2D eigenvalue weighted by atomic mass is 10.1. The fraction of sp³-hybridized carbons (Fsp3) is 0.294. The van der Waals surface area contributed by atoms with Crippen molar-refractivity contribution in [1.82, 2.24) is 0 Å². The maximum atomic E-state index is 12.0. The molecule has 1 N–H and O–H groups in total. The van der Waals surface area contributed by atoms with Crippen LogP contribution >= 0.6 is 0 Å². The van der Waals surface area contributed by atoms with Crippen molar-refractivity contribution in [3.05, 3.63) is 64.5 Å². The van der Waals surface area contributed by atoms with Crippen molar-refractivity contribution in [2.75, 3.05) is 5.32 Å². The Morgan fingerprint density at radius 2 is 1.92 bits per heavy atom. The topological polar surface area (TPSA) is 76.1 Å². The second-order valence-corrected chi connectivity index (χ2v) is 5.37. The summed E-state index contributed by atoms with van der Waals surface area (Å²) in [6, 6.07) is 10.4. The van der Waals surface area contributed by atoms with Gasteiger partial charge in [0.1, 0.15) is 6.54 Å². The minimum absolute atomic E-state index is 0. The largest absolute Gasteiger partial charge is 1.00 e. The molecule has 0 atom stereocenters. The van der Waals surface area contributed by atoms with Crippen molar-refractivity contribution in [3.63, 3.8) is 0 Å². The minimum atomic E-state index is -0.466. The molecule has 0 saturated carbocycles. The van der Waals surface area contributed by atoms with Crippen LogP contribution in [0.4, 0.5) is 11.4 Å². The lowest BCUT2D eigenvalue weighted by Gasteiger charge is -2.08. The molecule has 128 valence electrons. The van der Waals surface area contributed by atoms with Crippen molar-refractivity contribution >= 4 is 17.3 Å². The monoisotopic (exact) mass is 393 g/mol. The molecule has 6 nitrogen and oxygen atoms in total. The van der Waals surface area contributed by atoms with Gasteiger partial charge in [-0.1, -0.05) is 12.1 Å². The van der Waals surface area contributed by atoms with Crippen LogP contribution in [0.1, 0.15) is 24.8 Å². The molecule has 0 aliphatic carbocycles. The average Bonchev–Trinajstić information content (AvgIpc) is 2.54. The molecule has 0 aliphatic rings. The Hall–Kier alpha value is -2.28. The molecule has 24 heavy (non-hydrogen) atoms. The Balaban J connectivity index is 0.00000288. The number of nitro benzene ring substituents is 1. The maximum absolute atomic E-state index is 12.0. The zero-order chi connectivity index (χ0) is 16.7. The zero-order valence-electron chi connectivity index (χ0n) is 13.4. The normalized spacial score (nSPS) is 9.88. The quantitative estimate of drug-likeness (QED) is 0.311. The van der Waals surface area contributed by atoms with E-state index in [1.54, 1.807) is 6.07 Å². The maximum Gasteiger partial charge on any atom is 0.271 e. The van der Waals surface area contributed by atoms with E-state index in [0.717, 1.165) is 24.9 Å². The number of pyridine rings is 1. The molecule has 1 heterocycles. The van der Waals surface area contributed by atoms with E-state index in [0.29, 0.717) is 12.1 Å². The predicted molar refractivity (Wildman–Crippen MR) is 87.0 cm³/mol. The highest BCUT2D eigenvalue weighted by Gasteiger charge is 2.11. The summed E-state index contributed by atoms with van der Waals surface area (Å²) in [7, 11) is 0. The van der Waals surface area contributed by atoms with E-state index in [2.05, 4.69) is 9.88 Å².